The molecular weight excluding hydrogens is 1350 g/mol. The molecule has 0 spiro atoms. The standard InChI is InChI=1S/C85H144O17P2/c1-5-9-13-17-21-25-29-33-36-38-39-41-44-47-50-54-58-62-66-70-83(88)96-76-81(102-85(90)72-68-64-60-56-52-48-42-35-31-27-23-19-15-11-7-3)78-100-104(93,94)98-74-79(86)73-97-103(91,92)99-77-80(101-84(89)71-67-63-59-55-51-45-32-28-24-20-16-12-8-4)75-95-82(87)69-65-61-57-53-49-46-43-40-37-34-30-26-22-18-14-10-6-2/h9-10,13-14,21-23,25-27,33-37,39,41-42,47,50,58,62,79-81,86H,5-8,11-12,15-20,24,28-32,38,40,43-46,48-49,51-57,59-61,63-78H2,1-4H3,(H,91,92)(H,93,94)/b13-9-,14-10-,25-21-,26-22-,27-23-,36-33-,37-34-,41-39-,42-35-,50-47-,62-58-. The fraction of sp³-hybridized carbons (Fsp3) is 0.694. The van der Waals surface area contributed by atoms with Crippen LogP contribution in [0.25, 0.3) is 0 Å². The predicted molar refractivity (Wildman–Crippen MR) is 427 cm³/mol. The number of carbonyl (C=O) groups excluding carboxylic acids is 4. The third kappa shape index (κ3) is 75.4. The van der Waals surface area contributed by atoms with E-state index in [1.165, 1.54) is 70.6 Å². The average molecular weight is 1500 g/mol. The summed E-state index contributed by atoms with van der Waals surface area (Å²) in [4.78, 5) is 73.0. The van der Waals surface area contributed by atoms with E-state index in [0.717, 1.165) is 167 Å². The highest BCUT2D eigenvalue weighted by Gasteiger charge is 2.30. The monoisotopic (exact) mass is 1500 g/mol. The van der Waals surface area contributed by atoms with Gasteiger partial charge in [-0.1, -0.05) is 303 Å². The van der Waals surface area contributed by atoms with Crippen molar-refractivity contribution in [2.45, 2.75) is 341 Å². The fourth-order valence-electron chi connectivity index (χ4n) is 10.5. The molecule has 0 aromatic carbocycles. The number of hydrogen-bond donors (Lipinski definition) is 3. The fourth-order valence-corrected chi connectivity index (χ4v) is 12.1. The molecule has 3 N–H and O–H groups in total. The first-order chi connectivity index (χ1) is 50.7. The Morgan fingerprint density at radius 3 is 0.846 bits per heavy atom. The molecule has 0 rings (SSSR count). The van der Waals surface area contributed by atoms with E-state index < -0.39 is 97.5 Å². The second-order valence-corrected chi connectivity index (χ2v) is 29.5. The van der Waals surface area contributed by atoms with Crippen molar-refractivity contribution in [1.29, 1.82) is 0 Å². The number of phosphoric acid groups is 2. The van der Waals surface area contributed by atoms with E-state index in [9.17, 15) is 43.2 Å². The number of hydrogen-bond acceptors (Lipinski definition) is 15. The molecule has 0 saturated carbocycles. The van der Waals surface area contributed by atoms with Crippen LogP contribution in [0, 0.1) is 0 Å². The second kappa shape index (κ2) is 76.4. The van der Waals surface area contributed by atoms with Gasteiger partial charge in [-0.15, -0.1) is 0 Å². The zero-order valence-corrected chi connectivity index (χ0v) is 66.9. The molecule has 5 unspecified atom stereocenters. The van der Waals surface area contributed by atoms with Gasteiger partial charge in [0.15, 0.2) is 12.2 Å². The molecule has 0 saturated heterocycles. The lowest BCUT2D eigenvalue weighted by molar-refractivity contribution is -0.161. The summed E-state index contributed by atoms with van der Waals surface area (Å²) in [6.45, 7) is 4.54. The Balaban J connectivity index is 5.42. The van der Waals surface area contributed by atoms with Crippen LogP contribution >= 0.6 is 15.6 Å². The van der Waals surface area contributed by atoms with E-state index in [4.69, 9.17) is 37.0 Å². The smallest absolute Gasteiger partial charge is 0.462 e. The summed E-state index contributed by atoms with van der Waals surface area (Å²) in [5.41, 5.74) is 0. The van der Waals surface area contributed by atoms with Gasteiger partial charge >= 0.3 is 39.5 Å². The third-order valence-electron chi connectivity index (χ3n) is 16.6. The summed E-state index contributed by atoms with van der Waals surface area (Å²) < 4.78 is 68.5. The normalized spacial score (nSPS) is 14.6. The van der Waals surface area contributed by atoms with E-state index >= 15 is 0 Å². The molecule has 596 valence electrons. The molecule has 0 heterocycles. The Hall–Kier alpha value is -4.80. The number of aliphatic hydroxyl groups excluding tert-OH is 1. The Morgan fingerprint density at radius 1 is 0.279 bits per heavy atom. The van der Waals surface area contributed by atoms with Crippen LogP contribution in [0.15, 0.2) is 134 Å². The van der Waals surface area contributed by atoms with Gasteiger partial charge in [-0.2, -0.15) is 0 Å². The number of ether oxygens (including phenoxy) is 4. The molecule has 0 aromatic heterocycles. The largest absolute Gasteiger partial charge is 0.472 e. The lowest BCUT2D eigenvalue weighted by Crippen LogP contribution is -2.30. The van der Waals surface area contributed by atoms with Gasteiger partial charge in [0.2, 0.25) is 0 Å². The van der Waals surface area contributed by atoms with Crippen LogP contribution in [0.3, 0.4) is 0 Å². The Kier molecular flexibility index (Phi) is 72.9. The molecule has 0 aliphatic carbocycles. The van der Waals surface area contributed by atoms with Gasteiger partial charge < -0.3 is 33.8 Å². The minimum absolute atomic E-state index is 0.0307. The third-order valence-corrected chi connectivity index (χ3v) is 18.5. The quantitative estimate of drug-likeness (QED) is 0.0169. The molecule has 104 heavy (non-hydrogen) atoms. The highest BCUT2D eigenvalue weighted by atomic mass is 31.2. The minimum Gasteiger partial charge on any atom is -0.462 e. The van der Waals surface area contributed by atoms with Gasteiger partial charge in [0.1, 0.15) is 19.3 Å². The highest BCUT2D eigenvalue weighted by Crippen LogP contribution is 2.45. The molecule has 0 aliphatic heterocycles. The lowest BCUT2D eigenvalue weighted by atomic mass is 10.0. The first-order valence-electron chi connectivity index (χ1n) is 40.4. The van der Waals surface area contributed by atoms with E-state index in [2.05, 4.69) is 143 Å². The number of esters is 4. The van der Waals surface area contributed by atoms with Gasteiger partial charge in [0.25, 0.3) is 0 Å². The van der Waals surface area contributed by atoms with Crippen LogP contribution in [0.5, 0.6) is 0 Å². The van der Waals surface area contributed by atoms with E-state index in [1.807, 2.05) is 18.2 Å². The first-order valence-corrected chi connectivity index (χ1v) is 43.4. The van der Waals surface area contributed by atoms with Crippen LogP contribution in [0.2, 0.25) is 0 Å². The van der Waals surface area contributed by atoms with Crippen molar-refractivity contribution >= 4 is 39.5 Å². The summed E-state index contributed by atoms with van der Waals surface area (Å²) in [6, 6.07) is 0. The Bertz CT molecular complexity index is 2490. The maximum atomic E-state index is 13.1. The van der Waals surface area contributed by atoms with Crippen LogP contribution in [0.4, 0.5) is 0 Å². The Labute approximate surface area is 631 Å². The Morgan fingerprint density at radius 2 is 0.519 bits per heavy atom. The minimum atomic E-state index is -5.00. The second-order valence-electron chi connectivity index (χ2n) is 26.6. The number of carbonyl (C=O) groups is 4. The zero-order chi connectivity index (χ0) is 76.0. The first kappa shape index (κ1) is 99.2. The summed E-state index contributed by atoms with van der Waals surface area (Å²) in [5.74, 6) is -2.29. The lowest BCUT2D eigenvalue weighted by Gasteiger charge is -2.21. The SMILES string of the molecule is CC/C=C\C/C=C\C/C=C\C/C=C\C/C=C\C/C=C\CCC(=O)OCC(COP(=O)(O)OCC(O)COP(=O)(O)OCC(COC(=O)CCCCCCCCC/C=C\C/C=C\C/C=C\CC)OC(=O)CCCCCCCCCCCCCCC)OC(=O)CCCCCCC/C=C\C/C=C\CCCCC. The van der Waals surface area contributed by atoms with Crippen molar-refractivity contribution in [1.82, 2.24) is 0 Å². The van der Waals surface area contributed by atoms with Crippen molar-refractivity contribution in [2.24, 2.45) is 0 Å². The molecule has 5 atom stereocenters. The molecule has 0 fully saturated rings. The summed E-state index contributed by atoms with van der Waals surface area (Å²) >= 11 is 0. The van der Waals surface area contributed by atoms with E-state index in [1.54, 1.807) is 0 Å². The van der Waals surface area contributed by atoms with Gasteiger partial charge in [-0.3, -0.25) is 37.3 Å². The van der Waals surface area contributed by atoms with Gasteiger partial charge in [-0.25, -0.2) is 9.13 Å². The molecule has 0 aromatic rings. The molecule has 17 nitrogen and oxygen atoms in total. The molecule has 0 amide bonds. The molecule has 0 bridgehead atoms. The summed E-state index contributed by atoms with van der Waals surface area (Å²) in [6.07, 6.45) is 85.8. The number of rotatable bonds is 75. The van der Waals surface area contributed by atoms with Crippen LogP contribution in [-0.2, 0) is 65.4 Å². The van der Waals surface area contributed by atoms with E-state index in [0.29, 0.717) is 32.1 Å². The van der Waals surface area contributed by atoms with Gasteiger partial charge in [0, 0.05) is 25.7 Å². The summed E-state index contributed by atoms with van der Waals surface area (Å²) in [5, 5.41) is 10.6. The van der Waals surface area contributed by atoms with E-state index in [-0.39, 0.29) is 25.7 Å². The molecular formula is C85H144O17P2. The van der Waals surface area contributed by atoms with Gasteiger partial charge in [0.05, 0.1) is 26.4 Å². The predicted octanol–water partition coefficient (Wildman–Crippen LogP) is 23.7. The number of allylic oxidation sites excluding steroid dienone is 22. The van der Waals surface area contributed by atoms with Crippen LogP contribution in [0.1, 0.15) is 323 Å². The van der Waals surface area contributed by atoms with Crippen molar-refractivity contribution in [3.8, 4) is 0 Å². The van der Waals surface area contributed by atoms with Gasteiger partial charge in [-0.05, 0) is 128 Å². The van der Waals surface area contributed by atoms with Crippen molar-refractivity contribution < 1.29 is 80.2 Å². The molecule has 0 aliphatic rings. The number of aliphatic hydroxyl groups is 1. The maximum absolute atomic E-state index is 13.1. The maximum Gasteiger partial charge on any atom is 0.472 e. The number of unbranched alkanes of at least 4 members (excludes halogenated alkanes) is 27. The zero-order valence-electron chi connectivity index (χ0n) is 65.2. The van der Waals surface area contributed by atoms with Crippen molar-refractivity contribution in [3.63, 3.8) is 0 Å². The average Bonchev–Trinajstić information content (AvgIpc) is 0.911. The topological polar surface area (TPSA) is 237 Å². The van der Waals surface area contributed by atoms with Crippen molar-refractivity contribution in [3.05, 3.63) is 134 Å². The summed E-state index contributed by atoms with van der Waals surface area (Å²) in [7, 11) is -9.98. The van der Waals surface area contributed by atoms with Crippen LogP contribution in [-0.4, -0.2) is 96.7 Å². The molecule has 19 heteroatoms. The van der Waals surface area contributed by atoms with Crippen LogP contribution < -0.4 is 0 Å². The highest BCUT2D eigenvalue weighted by molar-refractivity contribution is 7.47. The number of phosphoric ester groups is 2. The van der Waals surface area contributed by atoms with Crippen molar-refractivity contribution in [2.75, 3.05) is 39.6 Å². The molecule has 0 radical (unpaired) electrons.